The normalized spacial score (nSPS) is 16.8. The van der Waals surface area contributed by atoms with Crippen molar-refractivity contribution in [3.8, 4) is 11.5 Å². The number of hydrogen-bond acceptors (Lipinski definition) is 6. The lowest BCUT2D eigenvalue weighted by molar-refractivity contribution is -0.140. The summed E-state index contributed by atoms with van der Waals surface area (Å²) >= 11 is 0. The van der Waals surface area contributed by atoms with Gasteiger partial charge in [0.1, 0.15) is 5.76 Å². The van der Waals surface area contributed by atoms with Crippen molar-refractivity contribution in [2.75, 3.05) is 13.2 Å². The molecule has 0 aliphatic carbocycles. The fourth-order valence-electron chi connectivity index (χ4n) is 4.24. The summed E-state index contributed by atoms with van der Waals surface area (Å²) in [6.07, 6.45) is 5.22. The van der Waals surface area contributed by atoms with Crippen LogP contribution < -0.4 is 9.47 Å². The van der Waals surface area contributed by atoms with Gasteiger partial charge in [0.05, 0.1) is 24.8 Å². The van der Waals surface area contributed by atoms with Crippen molar-refractivity contribution >= 4 is 17.4 Å². The fraction of sp³-hybridized carbons (Fsp3) is 0.276. The van der Waals surface area contributed by atoms with Gasteiger partial charge in [0.15, 0.2) is 11.5 Å². The molecule has 1 aliphatic heterocycles. The number of aliphatic hydroxyl groups is 1. The van der Waals surface area contributed by atoms with Gasteiger partial charge in [0.25, 0.3) is 11.7 Å². The predicted octanol–water partition coefficient (Wildman–Crippen LogP) is 5.28. The molecule has 36 heavy (non-hydrogen) atoms. The monoisotopic (exact) mass is 486 g/mol. The van der Waals surface area contributed by atoms with E-state index in [1.807, 2.05) is 25.1 Å². The molecule has 1 aliphatic rings. The number of amides is 1. The Morgan fingerprint density at radius 3 is 2.50 bits per heavy atom. The zero-order valence-electron chi connectivity index (χ0n) is 20.5. The van der Waals surface area contributed by atoms with Crippen LogP contribution in [-0.4, -0.2) is 39.9 Å². The lowest BCUT2D eigenvalue weighted by Gasteiger charge is -2.26. The molecule has 1 amide bonds. The van der Waals surface area contributed by atoms with E-state index in [2.05, 4.69) is 11.9 Å². The van der Waals surface area contributed by atoms with Crippen LogP contribution in [0.4, 0.5) is 0 Å². The van der Waals surface area contributed by atoms with E-state index in [9.17, 15) is 14.7 Å². The van der Waals surface area contributed by atoms with E-state index in [0.717, 1.165) is 18.4 Å². The quantitative estimate of drug-likeness (QED) is 0.182. The number of hydrogen-bond donors (Lipinski definition) is 1. The minimum absolute atomic E-state index is 0.0391. The maximum Gasteiger partial charge on any atom is 0.295 e. The second-order valence-corrected chi connectivity index (χ2v) is 8.50. The third-order valence-corrected chi connectivity index (χ3v) is 6.00. The Bertz CT molecular complexity index is 1240. The topological polar surface area (TPSA) is 89.0 Å². The highest BCUT2D eigenvalue weighted by Crippen LogP contribution is 2.42. The van der Waals surface area contributed by atoms with Gasteiger partial charge in [-0.25, -0.2) is 0 Å². The van der Waals surface area contributed by atoms with E-state index >= 15 is 0 Å². The summed E-state index contributed by atoms with van der Waals surface area (Å²) in [5.74, 6) is -0.498. The van der Waals surface area contributed by atoms with Gasteiger partial charge in [0.2, 0.25) is 0 Å². The minimum Gasteiger partial charge on any atom is -0.507 e. The number of Topliss-reactive ketones (excluding diaryl/α,β-unsaturated/α-hetero) is 1. The Balaban J connectivity index is 1.83. The zero-order valence-corrected chi connectivity index (χ0v) is 20.5. The smallest absolute Gasteiger partial charge is 0.295 e. The molecule has 7 nitrogen and oxygen atoms in total. The maximum atomic E-state index is 13.3. The van der Waals surface area contributed by atoms with Crippen molar-refractivity contribution in [2.45, 2.75) is 39.3 Å². The number of likely N-dealkylation sites (tertiary alicyclic amines) is 1. The first-order valence-corrected chi connectivity index (χ1v) is 12.2. The summed E-state index contributed by atoms with van der Waals surface area (Å²) in [6.45, 7) is 5.12. The maximum absolute atomic E-state index is 13.3. The van der Waals surface area contributed by atoms with Crippen LogP contribution in [0.2, 0.25) is 0 Å². The standard InChI is InChI=1S/C29H30N2O5/c1-3-5-16-36-23-14-13-22(17-24(23)35-4-2)26-25(27(32)21-11-7-6-8-12-21)28(33)29(34)31(26)19-20-10-9-15-30-18-20/h6-15,17-18,26,32H,3-5,16,19H2,1-2H3/b27-25+. The second-order valence-electron chi connectivity index (χ2n) is 8.50. The average Bonchev–Trinajstić information content (AvgIpc) is 3.15. The number of aliphatic hydroxyl groups excluding tert-OH is 1. The van der Waals surface area contributed by atoms with Gasteiger partial charge in [-0.15, -0.1) is 0 Å². The highest BCUT2D eigenvalue weighted by Gasteiger charge is 2.46. The summed E-state index contributed by atoms with van der Waals surface area (Å²) < 4.78 is 11.8. The number of carbonyl (C=O) groups is 2. The molecule has 0 spiro atoms. The summed E-state index contributed by atoms with van der Waals surface area (Å²) in [5.41, 5.74) is 1.92. The van der Waals surface area contributed by atoms with Gasteiger partial charge in [0, 0.05) is 24.5 Å². The van der Waals surface area contributed by atoms with Crippen LogP contribution in [0.15, 0.2) is 78.6 Å². The van der Waals surface area contributed by atoms with E-state index in [0.29, 0.717) is 35.8 Å². The first-order chi connectivity index (χ1) is 17.5. The molecule has 2 heterocycles. The molecule has 3 aromatic rings. The first kappa shape index (κ1) is 25.0. The highest BCUT2D eigenvalue weighted by atomic mass is 16.5. The zero-order chi connectivity index (χ0) is 25.5. The number of pyridine rings is 1. The lowest BCUT2D eigenvalue weighted by Crippen LogP contribution is -2.29. The summed E-state index contributed by atoms with van der Waals surface area (Å²) in [6, 6.07) is 17.0. The molecule has 0 saturated carbocycles. The molecule has 1 N–H and O–H groups in total. The molecule has 4 rings (SSSR count). The molecule has 0 bridgehead atoms. The summed E-state index contributed by atoms with van der Waals surface area (Å²) in [7, 11) is 0. The number of aromatic nitrogens is 1. The Morgan fingerprint density at radius 1 is 1.00 bits per heavy atom. The molecule has 1 atom stereocenters. The van der Waals surface area contributed by atoms with Crippen molar-refractivity contribution in [3.63, 3.8) is 0 Å². The number of benzene rings is 2. The molecule has 1 saturated heterocycles. The van der Waals surface area contributed by atoms with E-state index in [4.69, 9.17) is 9.47 Å². The third-order valence-electron chi connectivity index (χ3n) is 6.00. The van der Waals surface area contributed by atoms with E-state index in [-0.39, 0.29) is 17.9 Å². The lowest BCUT2D eigenvalue weighted by atomic mass is 9.95. The van der Waals surface area contributed by atoms with Gasteiger partial charge in [-0.1, -0.05) is 55.8 Å². The Labute approximate surface area is 211 Å². The molecule has 1 aromatic heterocycles. The summed E-state index contributed by atoms with van der Waals surface area (Å²) in [4.78, 5) is 32.1. The summed E-state index contributed by atoms with van der Waals surface area (Å²) in [5, 5.41) is 11.2. The highest BCUT2D eigenvalue weighted by molar-refractivity contribution is 6.46. The number of unbranched alkanes of at least 4 members (excludes halogenated alkanes) is 1. The number of ketones is 1. The van der Waals surface area contributed by atoms with Crippen LogP contribution in [-0.2, 0) is 16.1 Å². The second kappa shape index (κ2) is 11.5. The predicted molar refractivity (Wildman–Crippen MR) is 137 cm³/mol. The SMILES string of the molecule is CCCCOc1ccc(C2/C(=C(\O)c3ccccc3)C(=O)C(=O)N2Cc2cccnc2)cc1OCC. The van der Waals surface area contributed by atoms with Crippen LogP contribution >= 0.6 is 0 Å². The first-order valence-electron chi connectivity index (χ1n) is 12.2. The molecule has 7 heteroatoms. The number of rotatable bonds is 10. The van der Waals surface area contributed by atoms with E-state index in [1.165, 1.54) is 4.90 Å². The van der Waals surface area contributed by atoms with Gasteiger partial charge in [-0.3, -0.25) is 14.6 Å². The van der Waals surface area contributed by atoms with Gasteiger partial charge < -0.3 is 19.5 Å². The third kappa shape index (κ3) is 5.25. The van der Waals surface area contributed by atoms with Crippen molar-refractivity contribution in [3.05, 3.63) is 95.3 Å². The van der Waals surface area contributed by atoms with Crippen LogP contribution in [0.25, 0.3) is 5.76 Å². The number of ether oxygens (including phenoxy) is 2. The molecular formula is C29H30N2O5. The molecule has 2 aromatic carbocycles. The Morgan fingerprint density at radius 2 is 1.81 bits per heavy atom. The van der Waals surface area contributed by atoms with Crippen LogP contribution in [0.3, 0.4) is 0 Å². The van der Waals surface area contributed by atoms with Crippen LogP contribution in [0.1, 0.15) is 49.4 Å². The Hall–Kier alpha value is -4.13. The largest absolute Gasteiger partial charge is 0.507 e. The van der Waals surface area contributed by atoms with Gasteiger partial charge in [-0.05, 0) is 42.7 Å². The van der Waals surface area contributed by atoms with Crippen molar-refractivity contribution in [1.29, 1.82) is 0 Å². The minimum atomic E-state index is -0.811. The average molecular weight is 487 g/mol. The molecule has 1 unspecified atom stereocenters. The molecule has 1 fully saturated rings. The van der Waals surface area contributed by atoms with Crippen molar-refractivity contribution < 1.29 is 24.2 Å². The molecular weight excluding hydrogens is 456 g/mol. The molecule has 0 radical (unpaired) electrons. The van der Waals surface area contributed by atoms with E-state index in [1.54, 1.807) is 54.9 Å². The van der Waals surface area contributed by atoms with Crippen LogP contribution in [0, 0.1) is 0 Å². The van der Waals surface area contributed by atoms with Gasteiger partial charge >= 0.3 is 0 Å². The number of carbonyl (C=O) groups excluding carboxylic acids is 2. The van der Waals surface area contributed by atoms with E-state index < -0.39 is 17.7 Å². The van der Waals surface area contributed by atoms with Crippen molar-refractivity contribution in [1.82, 2.24) is 9.88 Å². The van der Waals surface area contributed by atoms with Crippen molar-refractivity contribution in [2.24, 2.45) is 0 Å². The fourth-order valence-corrected chi connectivity index (χ4v) is 4.24. The molecule has 186 valence electrons. The van der Waals surface area contributed by atoms with Crippen LogP contribution in [0.5, 0.6) is 11.5 Å². The van der Waals surface area contributed by atoms with Gasteiger partial charge in [-0.2, -0.15) is 0 Å². The Kier molecular flexibility index (Phi) is 8.00. The number of nitrogens with zero attached hydrogens (tertiary/aromatic N) is 2.